The number of fused-ring (bicyclic) bond motifs is 1. The number of benzene rings is 1. The van der Waals surface area contributed by atoms with E-state index in [4.69, 9.17) is 4.74 Å². The quantitative estimate of drug-likeness (QED) is 0.484. The first kappa shape index (κ1) is 20.0. The van der Waals surface area contributed by atoms with Gasteiger partial charge in [-0.1, -0.05) is 24.3 Å². The fourth-order valence-corrected chi connectivity index (χ4v) is 5.53. The topological polar surface area (TPSA) is 87.2 Å². The van der Waals surface area contributed by atoms with E-state index in [2.05, 4.69) is 55.2 Å². The Morgan fingerprint density at radius 3 is 2.69 bits per heavy atom. The van der Waals surface area contributed by atoms with Gasteiger partial charge >= 0.3 is 0 Å². The van der Waals surface area contributed by atoms with E-state index in [0.717, 1.165) is 83.6 Å². The van der Waals surface area contributed by atoms with Gasteiger partial charge in [0.05, 0.1) is 34.9 Å². The molecule has 0 bridgehead atoms. The predicted molar refractivity (Wildman–Crippen MR) is 125 cm³/mol. The molecule has 164 valence electrons. The number of morpholine rings is 1. The summed E-state index contributed by atoms with van der Waals surface area (Å²) in [5, 5.41) is 11.7. The van der Waals surface area contributed by atoms with Gasteiger partial charge in [0.1, 0.15) is 12.0 Å². The van der Waals surface area contributed by atoms with Gasteiger partial charge in [-0.05, 0) is 30.0 Å². The van der Waals surface area contributed by atoms with Crippen molar-refractivity contribution < 1.29 is 9.84 Å². The fraction of sp³-hybridized carbons (Fsp3) is 0.375. The summed E-state index contributed by atoms with van der Waals surface area (Å²) in [4.78, 5) is 20.5. The lowest BCUT2D eigenvalue weighted by Crippen LogP contribution is -2.35. The molecule has 6 rings (SSSR count). The van der Waals surface area contributed by atoms with Gasteiger partial charge in [0.2, 0.25) is 0 Å². The van der Waals surface area contributed by atoms with Crippen LogP contribution in [0.3, 0.4) is 0 Å². The number of aromatic nitrogens is 4. The van der Waals surface area contributed by atoms with E-state index in [1.807, 2.05) is 6.20 Å². The molecule has 1 aromatic carbocycles. The summed E-state index contributed by atoms with van der Waals surface area (Å²) in [5.41, 5.74) is 5.21. The van der Waals surface area contributed by atoms with Gasteiger partial charge in [0.15, 0.2) is 0 Å². The van der Waals surface area contributed by atoms with Crippen molar-refractivity contribution >= 4 is 22.4 Å². The Kier molecular flexibility index (Phi) is 5.23. The average Bonchev–Trinajstić information content (AvgIpc) is 3.45. The number of aliphatic hydroxyl groups is 1. The Morgan fingerprint density at radius 1 is 1.09 bits per heavy atom. The molecule has 0 unspecified atom stereocenters. The standard InChI is InChI=1S/C24H25N5O2S/c30-18-9-17(10-18)24-25-12-21(32-24)22-19-11-20(28-23(19)27-14-26-22)16-3-1-15(2-4-16)13-29-5-7-31-8-6-29/h1-4,11-12,14,17-18,30H,5-10,13H2,(H,26,27,28). The Hall–Kier alpha value is -2.65. The first-order valence-electron chi connectivity index (χ1n) is 11.1. The summed E-state index contributed by atoms with van der Waals surface area (Å²) >= 11 is 1.67. The van der Waals surface area contributed by atoms with E-state index in [-0.39, 0.29) is 6.10 Å². The number of H-pyrrole nitrogens is 1. The van der Waals surface area contributed by atoms with Gasteiger partial charge in [-0.25, -0.2) is 15.0 Å². The van der Waals surface area contributed by atoms with Gasteiger partial charge in [-0.15, -0.1) is 11.3 Å². The van der Waals surface area contributed by atoms with E-state index in [1.165, 1.54) is 5.56 Å². The predicted octanol–water partition coefficient (Wildman–Crippen LogP) is 3.82. The lowest BCUT2D eigenvalue weighted by atomic mass is 9.83. The van der Waals surface area contributed by atoms with E-state index >= 15 is 0 Å². The Morgan fingerprint density at radius 2 is 1.91 bits per heavy atom. The average molecular weight is 448 g/mol. The maximum atomic E-state index is 9.60. The number of nitrogens with zero attached hydrogens (tertiary/aromatic N) is 4. The van der Waals surface area contributed by atoms with Crippen molar-refractivity contribution in [2.45, 2.75) is 31.4 Å². The SMILES string of the molecule is OC1CC(c2ncc(-c3ncnc4[nH]c(-c5ccc(CN6CCOCC6)cc5)cc34)s2)C1. The fourth-order valence-electron chi connectivity index (χ4n) is 4.47. The zero-order chi connectivity index (χ0) is 21.5. The highest BCUT2D eigenvalue weighted by Gasteiger charge is 2.31. The van der Waals surface area contributed by atoms with Crippen LogP contribution in [-0.2, 0) is 11.3 Å². The van der Waals surface area contributed by atoms with E-state index in [1.54, 1.807) is 17.7 Å². The second kappa shape index (κ2) is 8.37. The molecule has 4 aromatic rings. The molecule has 2 N–H and O–H groups in total. The first-order valence-corrected chi connectivity index (χ1v) is 11.9. The van der Waals surface area contributed by atoms with Crippen LogP contribution in [-0.4, -0.2) is 62.3 Å². The van der Waals surface area contributed by atoms with Crippen LogP contribution >= 0.6 is 11.3 Å². The summed E-state index contributed by atoms with van der Waals surface area (Å²) in [6.07, 6.45) is 4.95. The van der Waals surface area contributed by atoms with Gasteiger partial charge in [0, 0.05) is 42.8 Å². The van der Waals surface area contributed by atoms with Crippen LogP contribution in [0.5, 0.6) is 0 Å². The van der Waals surface area contributed by atoms with Crippen LogP contribution in [0.4, 0.5) is 0 Å². The van der Waals surface area contributed by atoms with Gasteiger partial charge in [0.25, 0.3) is 0 Å². The largest absolute Gasteiger partial charge is 0.393 e. The molecule has 32 heavy (non-hydrogen) atoms. The summed E-state index contributed by atoms with van der Waals surface area (Å²) in [6, 6.07) is 10.9. The molecule has 3 aromatic heterocycles. The number of aliphatic hydroxyl groups excluding tert-OH is 1. The van der Waals surface area contributed by atoms with Crippen molar-refractivity contribution in [2.75, 3.05) is 26.3 Å². The van der Waals surface area contributed by atoms with Crippen molar-refractivity contribution in [3.63, 3.8) is 0 Å². The van der Waals surface area contributed by atoms with E-state index in [9.17, 15) is 5.11 Å². The molecular formula is C24H25N5O2S. The number of thiazole rings is 1. The third kappa shape index (κ3) is 3.84. The molecule has 7 nitrogen and oxygen atoms in total. The molecule has 0 amide bonds. The lowest BCUT2D eigenvalue weighted by molar-refractivity contribution is 0.0342. The highest BCUT2D eigenvalue weighted by Crippen LogP contribution is 2.41. The third-order valence-electron chi connectivity index (χ3n) is 6.42. The normalized spacial score (nSPS) is 21.7. The second-order valence-corrected chi connectivity index (χ2v) is 9.70. The minimum atomic E-state index is -0.175. The molecule has 1 saturated carbocycles. The van der Waals surface area contributed by atoms with Crippen LogP contribution < -0.4 is 0 Å². The first-order chi connectivity index (χ1) is 15.7. The monoisotopic (exact) mass is 447 g/mol. The number of aromatic amines is 1. The number of hydrogen-bond donors (Lipinski definition) is 2. The van der Waals surface area contributed by atoms with Crippen LogP contribution in [0.1, 0.15) is 29.3 Å². The van der Waals surface area contributed by atoms with Crippen LogP contribution in [0.25, 0.3) is 32.9 Å². The molecular weight excluding hydrogens is 422 g/mol. The maximum absolute atomic E-state index is 9.60. The molecule has 1 aliphatic heterocycles. The molecule has 4 heterocycles. The number of rotatable bonds is 5. The summed E-state index contributed by atoms with van der Waals surface area (Å²) < 4.78 is 5.44. The highest BCUT2D eigenvalue weighted by atomic mass is 32.1. The smallest absolute Gasteiger partial charge is 0.141 e. The lowest BCUT2D eigenvalue weighted by Gasteiger charge is -2.29. The molecule has 0 radical (unpaired) electrons. The van der Waals surface area contributed by atoms with Crippen LogP contribution in [0, 0.1) is 0 Å². The molecule has 0 atom stereocenters. The van der Waals surface area contributed by atoms with E-state index < -0.39 is 0 Å². The Balaban J connectivity index is 1.25. The van der Waals surface area contributed by atoms with Crippen molar-refractivity contribution in [3.8, 4) is 21.8 Å². The highest BCUT2D eigenvalue weighted by molar-refractivity contribution is 7.15. The van der Waals surface area contributed by atoms with Crippen molar-refractivity contribution in [1.29, 1.82) is 0 Å². The molecule has 8 heteroatoms. The van der Waals surface area contributed by atoms with E-state index in [0.29, 0.717) is 5.92 Å². The summed E-state index contributed by atoms with van der Waals surface area (Å²) in [5.74, 6) is 0.374. The van der Waals surface area contributed by atoms with Crippen molar-refractivity contribution in [2.24, 2.45) is 0 Å². The molecule has 2 aliphatic rings. The minimum absolute atomic E-state index is 0.175. The van der Waals surface area contributed by atoms with Crippen LogP contribution in [0.2, 0.25) is 0 Å². The zero-order valence-corrected chi connectivity index (χ0v) is 18.5. The van der Waals surface area contributed by atoms with Crippen LogP contribution in [0.15, 0.2) is 42.9 Å². The maximum Gasteiger partial charge on any atom is 0.141 e. The zero-order valence-electron chi connectivity index (χ0n) is 17.7. The minimum Gasteiger partial charge on any atom is -0.393 e. The Labute approximate surface area is 190 Å². The molecule has 0 spiro atoms. The third-order valence-corrected chi connectivity index (χ3v) is 7.59. The number of hydrogen-bond acceptors (Lipinski definition) is 7. The second-order valence-electron chi connectivity index (χ2n) is 8.64. The molecule has 1 aliphatic carbocycles. The van der Waals surface area contributed by atoms with Gasteiger partial charge in [-0.2, -0.15) is 0 Å². The van der Waals surface area contributed by atoms with Crippen molar-refractivity contribution in [1.82, 2.24) is 24.8 Å². The van der Waals surface area contributed by atoms with Gasteiger partial charge < -0.3 is 14.8 Å². The summed E-state index contributed by atoms with van der Waals surface area (Å²) in [7, 11) is 0. The molecule has 1 saturated heterocycles. The molecule has 2 fully saturated rings. The summed E-state index contributed by atoms with van der Waals surface area (Å²) in [6.45, 7) is 4.58. The number of nitrogens with one attached hydrogen (secondary N) is 1. The van der Waals surface area contributed by atoms with Crippen molar-refractivity contribution in [3.05, 3.63) is 53.4 Å². The van der Waals surface area contributed by atoms with Gasteiger partial charge in [-0.3, -0.25) is 4.90 Å². The Bertz CT molecular complexity index is 1220. The number of ether oxygens (including phenoxy) is 1.